The predicted molar refractivity (Wildman–Crippen MR) is 86.1 cm³/mol. The molecule has 0 aliphatic heterocycles. The minimum Gasteiger partial charge on any atom is -0.326 e. The van der Waals surface area contributed by atoms with E-state index in [9.17, 15) is 0 Å². The monoisotopic (exact) mass is 292 g/mol. The smallest absolute Gasteiger partial charge is 0.0954 e. The van der Waals surface area contributed by atoms with Gasteiger partial charge in [0.15, 0.2) is 0 Å². The van der Waals surface area contributed by atoms with Gasteiger partial charge in [0.25, 0.3) is 0 Å². The molecule has 1 heterocycles. The third-order valence-corrected chi connectivity index (χ3v) is 4.22. The van der Waals surface area contributed by atoms with Crippen molar-refractivity contribution in [3.63, 3.8) is 0 Å². The number of nitrogens with zero attached hydrogens (tertiary/aromatic N) is 2. The second kappa shape index (κ2) is 4.90. The first-order valence-corrected chi connectivity index (χ1v) is 7.25. The minimum atomic E-state index is 0.0902. The molecule has 1 unspecified atom stereocenters. The fraction of sp³-hybridized carbons (Fsp3) is 0.0556. The van der Waals surface area contributed by atoms with Crippen LogP contribution in [0.5, 0.6) is 0 Å². The maximum Gasteiger partial charge on any atom is 0.0954 e. The Hall–Kier alpha value is -2.32. The molecule has 0 radical (unpaired) electrons. The molecule has 1 atom stereocenters. The van der Waals surface area contributed by atoms with Crippen LogP contribution in [0.15, 0.2) is 67.3 Å². The highest BCUT2D eigenvalue weighted by Gasteiger charge is 2.24. The molecule has 0 spiro atoms. The highest BCUT2D eigenvalue weighted by Crippen LogP contribution is 2.39. The molecule has 3 heteroatoms. The van der Waals surface area contributed by atoms with Gasteiger partial charge in [0.1, 0.15) is 0 Å². The predicted octanol–water partition coefficient (Wildman–Crippen LogP) is 4.57. The van der Waals surface area contributed by atoms with E-state index in [-0.39, 0.29) is 6.04 Å². The van der Waals surface area contributed by atoms with Crippen LogP contribution in [0.25, 0.3) is 11.1 Å². The van der Waals surface area contributed by atoms with Gasteiger partial charge in [-0.3, -0.25) is 0 Å². The van der Waals surface area contributed by atoms with Gasteiger partial charge < -0.3 is 4.57 Å². The highest BCUT2D eigenvalue weighted by molar-refractivity contribution is 6.51. The molecule has 3 aromatic rings. The molecule has 21 heavy (non-hydrogen) atoms. The summed E-state index contributed by atoms with van der Waals surface area (Å²) in [6.07, 6.45) is 7.71. The Kier molecular flexibility index (Phi) is 2.90. The molecule has 0 N–H and O–H groups in total. The largest absolute Gasteiger partial charge is 0.326 e. The van der Waals surface area contributed by atoms with Gasteiger partial charge in [0.05, 0.1) is 12.4 Å². The molecule has 102 valence electrons. The molecule has 1 aliphatic rings. The molecule has 0 saturated heterocycles. The second-order valence-corrected chi connectivity index (χ2v) is 5.53. The number of hydrogen-bond donors (Lipinski definition) is 0. The third kappa shape index (κ3) is 1.99. The lowest BCUT2D eigenvalue weighted by Crippen LogP contribution is -2.12. The number of hydrogen-bond acceptors (Lipinski definition) is 1. The lowest BCUT2D eigenvalue weighted by molar-refractivity contribution is 0.675. The van der Waals surface area contributed by atoms with Crippen molar-refractivity contribution in [1.82, 2.24) is 9.55 Å². The molecule has 0 amide bonds. The second-order valence-electron chi connectivity index (χ2n) is 5.12. The maximum absolute atomic E-state index is 6.54. The maximum atomic E-state index is 6.54. The van der Waals surface area contributed by atoms with E-state index in [2.05, 4.69) is 45.9 Å². The summed E-state index contributed by atoms with van der Waals surface area (Å²) in [6.45, 7) is 0. The van der Waals surface area contributed by atoms with Crippen molar-refractivity contribution in [2.45, 2.75) is 6.04 Å². The number of benzene rings is 2. The summed E-state index contributed by atoms with van der Waals surface area (Å²) in [5, 5.41) is 0.778. The van der Waals surface area contributed by atoms with Crippen LogP contribution in [-0.4, -0.2) is 9.55 Å². The van der Waals surface area contributed by atoms with Crippen molar-refractivity contribution in [2.75, 3.05) is 0 Å². The van der Waals surface area contributed by atoms with E-state index in [0.29, 0.717) is 0 Å². The zero-order chi connectivity index (χ0) is 14.2. The Bertz CT molecular complexity index is 819. The van der Waals surface area contributed by atoms with Crippen molar-refractivity contribution < 1.29 is 0 Å². The fourth-order valence-corrected chi connectivity index (χ4v) is 3.26. The van der Waals surface area contributed by atoms with Crippen LogP contribution in [-0.2, 0) is 0 Å². The van der Waals surface area contributed by atoms with Crippen molar-refractivity contribution in [2.24, 2.45) is 0 Å². The molecule has 0 fully saturated rings. The van der Waals surface area contributed by atoms with E-state index >= 15 is 0 Å². The summed E-state index contributed by atoms with van der Waals surface area (Å²) in [5.41, 5.74) is 4.66. The molecular formula is C18H13ClN2. The molecule has 2 nitrogen and oxygen atoms in total. The van der Waals surface area contributed by atoms with Crippen LogP contribution < -0.4 is 0 Å². The molecule has 1 aliphatic carbocycles. The summed E-state index contributed by atoms with van der Waals surface area (Å²) in [6, 6.07) is 16.8. The van der Waals surface area contributed by atoms with Crippen molar-refractivity contribution in [3.05, 3.63) is 89.5 Å². The quantitative estimate of drug-likeness (QED) is 0.642. The van der Waals surface area contributed by atoms with E-state index in [1.165, 1.54) is 11.1 Å². The summed E-state index contributed by atoms with van der Waals surface area (Å²) in [5.74, 6) is 0. The molecule has 0 saturated carbocycles. The molecule has 4 rings (SSSR count). The number of imidazole rings is 1. The Balaban J connectivity index is 2.06. The fourth-order valence-electron chi connectivity index (χ4n) is 2.97. The number of aromatic nitrogens is 2. The molecule has 0 bridgehead atoms. The number of fused-ring (bicyclic) bond motifs is 2. The topological polar surface area (TPSA) is 17.8 Å². The van der Waals surface area contributed by atoms with Gasteiger partial charge in [-0.2, -0.15) is 0 Å². The first-order chi connectivity index (χ1) is 10.3. The summed E-state index contributed by atoms with van der Waals surface area (Å²) in [4.78, 5) is 4.21. The molecule has 1 aromatic heterocycles. The van der Waals surface area contributed by atoms with Crippen LogP contribution in [0.2, 0.25) is 0 Å². The van der Waals surface area contributed by atoms with E-state index in [0.717, 1.165) is 16.2 Å². The van der Waals surface area contributed by atoms with E-state index in [1.807, 2.05) is 36.9 Å². The van der Waals surface area contributed by atoms with Crippen LogP contribution in [0.3, 0.4) is 0 Å². The lowest BCUT2D eigenvalue weighted by Gasteiger charge is -2.21. The average molecular weight is 293 g/mol. The number of rotatable bonds is 1. The van der Waals surface area contributed by atoms with E-state index in [1.54, 1.807) is 0 Å². The van der Waals surface area contributed by atoms with Gasteiger partial charge in [-0.25, -0.2) is 4.98 Å². The Morgan fingerprint density at radius 1 is 0.952 bits per heavy atom. The van der Waals surface area contributed by atoms with Gasteiger partial charge in [-0.15, -0.1) is 0 Å². The summed E-state index contributed by atoms with van der Waals surface area (Å²) >= 11 is 6.54. The average Bonchev–Trinajstić information content (AvgIpc) is 3.00. The SMILES string of the molecule is ClC1=Cc2ccccc2C(n2ccnc2)c2ccccc21. The van der Waals surface area contributed by atoms with Crippen LogP contribution in [0.1, 0.15) is 28.3 Å². The van der Waals surface area contributed by atoms with Crippen LogP contribution in [0.4, 0.5) is 0 Å². The van der Waals surface area contributed by atoms with Gasteiger partial charge >= 0.3 is 0 Å². The standard InChI is InChI=1S/C18H13ClN2/c19-17-11-13-5-1-2-6-14(13)18(21-10-9-20-12-21)16-8-4-3-7-15(16)17/h1-12,18H. The number of halogens is 1. The Labute approximate surface area is 128 Å². The van der Waals surface area contributed by atoms with Crippen LogP contribution >= 0.6 is 11.6 Å². The van der Waals surface area contributed by atoms with Gasteiger partial charge in [0.2, 0.25) is 0 Å². The van der Waals surface area contributed by atoms with Crippen molar-refractivity contribution in [1.29, 1.82) is 0 Å². The normalized spacial score (nSPS) is 16.6. The Morgan fingerprint density at radius 3 is 2.52 bits per heavy atom. The van der Waals surface area contributed by atoms with Crippen molar-refractivity contribution >= 4 is 22.7 Å². The van der Waals surface area contributed by atoms with Gasteiger partial charge in [0, 0.05) is 17.4 Å². The highest BCUT2D eigenvalue weighted by atomic mass is 35.5. The molecular weight excluding hydrogens is 280 g/mol. The van der Waals surface area contributed by atoms with Gasteiger partial charge in [-0.1, -0.05) is 60.1 Å². The lowest BCUT2D eigenvalue weighted by atomic mass is 9.94. The van der Waals surface area contributed by atoms with E-state index < -0.39 is 0 Å². The van der Waals surface area contributed by atoms with Gasteiger partial charge in [-0.05, 0) is 28.3 Å². The van der Waals surface area contributed by atoms with E-state index in [4.69, 9.17) is 11.6 Å². The van der Waals surface area contributed by atoms with Crippen molar-refractivity contribution in [3.8, 4) is 0 Å². The zero-order valence-corrected chi connectivity index (χ0v) is 12.0. The minimum absolute atomic E-state index is 0.0902. The zero-order valence-electron chi connectivity index (χ0n) is 11.3. The summed E-state index contributed by atoms with van der Waals surface area (Å²) < 4.78 is 2.13. The first-order valence-electron chi connectivity index (χ1n) is 6.87. The third-order valence-electron chi connectivity index (χ3n) is 3.91. The summed E-state index contributed by atoms with van der Waals surface area (Å²) in [7, 11) is 0. The van der Waals surface area contributed by atoms with Crippen LogP contribution in [0, 0.1) is 0 Å². The first kappa shape index (κ1) is 12.4. The Morgan fingerprint density at radius 2 is 1.71 bits per heavy atom. The molecule has 2 aromatic carbocycles.